The lowest BCUT2D eigenvalue weighted by molar-refractivity contribution is -0.156. The molecule has 3 aromatic carbocycles. The zero-order chi connectivity index (χ0) is 47.6. The Balaban J connectivity index is 0.863. The number of hydrogen-bond donors (Lipinski definition) is 2. The Kier molecular flexibility index (Phi) is 12.3. The summed E-state index contributed by atoms with van der Waals surface area (Å²) >= 11 is 1.07. The molecule has 4 amide bonds. The van der Waals surface area contributed by atoms with E-state index in [9.17, 15) is 28.5 Å². The van der Waals surface area contributed by atoms with Crippen molar-refractivity contribution in [1.82, 2.24) is 25.1 Å². The van der Waals surface area contributed by atoms with E-state index in [1.807, 2.05) is 6.07 Å². The van der Waals surface area contributed by atoms with E-state index in [2.05, 4.69) is 10.4 Å². The fourth-order valence-electron chi connectivity index (χ4n) is 11.1. The van der Waals surface area contributed by atoms with Gasteiger partial charge in [0.25, 0.3) is 5.91 Å². The molecule has 5 heterocycles. The summed E-state index contributed by atoms with van der Waals surface area (Å²) in [5.74, 6) is -2.42. The second-order valence-corrected chi connectivity index (χ2v) is 23.2. The summed E-state index contributed by atoms with van der Waals surface area (Å²) in [5, 5.41) is 5.73. The number of para-hydroxylation sites is 1. The fourth-order valence-corrected chi connectivity index (χ4v) is 13.9. The smallest absolute Gasteiger partial charge is 0.390 e. The first-order chi connectivity index (χ1) is 32.6. The molecule has 2 saturated carbocycles. The summed E-state index contributed by atoms with van der Waals surface area (Å²) in [4.78, 5) is 74.9. The van der Waals surface area contributed by atoms with Crippen LogP contribution in [0.15, 0.2) is 84.9 Å². The van der Waals surface area contributed by atoms with Gasteiger partial charge in [0.2, 0.25) is 17.7 Å². The predicted octanol–water partition coefficient (Wildman–Crippen LogP) is 7.32. The molecule has 0 bridgehead atoms. The molecule has 6 aliphatic rings. The van der Waals surface area contributed by atoms with Crippen LogP contribution in [0.2, 0.25) is 0 Å². The molecule has 0 spiro atoms. The Morgan fingerprint density at radius 1 is 0.897 bits per heavy atom. The van der Waals surface area contributed by atoms with Crippen LogP contribution in [0.1, 0.15) is 79.6 Å². The Morgan fingerprint density at radius 3 is 2.29 bits per heavy atom. The number of nitrogens with zero attached hydrogens (tertiary/aromatic N) is 3. The summed E-state index contributed by atoms with van der Waals surface area (Å²) in [7, 11) is -5.35. The summed E-state index contributed by atoms with van der Waals surface area (Å²) in [6.45, 7) is 6.17. The van der Waals surface area contributed by atoms with E-state index < -0.39 is 48.7 Å². The van der Waals surface area contributed by atoms with Gasteiger partial charge in [0, 0.05) is 42.5 Å². The molecule has 6 fully saturated rings. The van der Waals surface area contributed by atoms with Gasteiger partial charge in [0.05, 0.1) is 24.0 Å². The van der Waals surface area contributed by atoms with Gasteiger partial charge < -0.3 is 34.0 Å². The van der Waals surface area contributed by atoms with E-state index in [1.54, 1.807) is 71.0 Å². The number of benzene rings is 3. The number of amides is 4. The number of thiophene rings is 1. The molecule has 10 rings (SSSR count). The molecule has 0 radical (unpaired) electrons. The van der Waals surface area contributed by atoms with Crippen LogP contribution in [0.4, 0.5) is 8.78 Å². The monoisotopic (exact) mass is 971 g/mol. The highest BCUT2D eigenvalue weighted by Gasteiger charge is 2.83. The van der Waals surface area contributed by atoms with Crippen molar-refractivity contribution in [2.24, 2.45) is 22.7 Å². The minimum atomic E-state index is -5.35. The fraction of sp³-hybridized carbons (Fsp3) is 0.500. The van der Waals surface area contributed by atoms with Gasteiger partial charge in [-0.05, 0) is 103 Å². The van der Waals surface area contributed by atoms with Crippen molar-refractivity contribution in [3.63, 3.8) is 0 Å². The topological polar surface area (TPSA) is 164 Å². The highest BCUT2D eigenvalue weighted by atomic mass is 32.1. The van der Waals surface area contributed by atoms with Crippen LogP contribution in [0.25, 0.3) is 10.1 Å². The average molecular weight is 972 g/mol. The van der Waals surface area contributed by atoms with Crippen molar-refractivity contribution in [1.29, 1.82) is 0 Å². The Bertz CT molecular complexity index is 2650. The second kappa shape index (κ2) is 17.9. The lowest BCUT2D eigenvalue weighted by Crippen LogP contribution is -2.62. The number of carbonyl (C=O) groups excluding carboxylic acids is 5. The number of nitrogens with one attached hydrogen (secondary N) is 2. The van der Waals surface area contributed by atoms with Crippen LogP contribution in [0, 0.1) is 22.7 Å². The van der Waals surface area contributed by atoms with Crippen molar-refractivity contribution < 1.29 is 51.3 Å². The van der Waals surface area contributed by atoms with Crippen molar-refractivity contribution in [3.8, 4) is 5.75 Å². The molecule has 5 atom stereocenters. The van der Waals surface area contributed by atoms with Crippen LogP contribution in [0.5, 0.6) is 5.75 Å². The summed E-state index contributed by atoms with van der Waals surface area (Å²) in [6, 6.07) is 18.5. The second-order valence-electron chi connectivity index (χ2n) is 20.0. The number of carbonyl (C=O) groups is 5. The van der Waals surface area contributed by atoms with Gasteiger partial charge in [-0.2, -0.15) is 8.78 Å². The molecular weight excluding hydrogens is 916 g/mol. The lowest BCUT2D eigenvalue weighted by Gasteiger charge is -2.44. The Hall–Kier alpha value is -5.22. The predicted molar refractivity (Wildman–Crippen MR) is 249 cm³/mol. The Morgan fingerprint density at radius 2 is 1.59 bits per heavy atom. The SMILES string of the molecule is CC(C)C[C@H](NP(=O)(Oc1ccccc1)C(F)(F)c1ccc2sc(C(=O)NC3CC45CC4(C[C@H]4CC[C@@H](C(=O)N6CC(C(=O)N7CCOCC7)C6)N4C3=O)C5)cc2c1)C(=O)OCc1ccccc1. The van der Waals surface area contributed by atoms with Crippen LogP contribution in [-0.4, -0.2) is 108 Å². The maximum atomic E-state index is 17.1. The van der Waals surface area contributed by atoms with E-state index in [0.29, 0.717) is 68.9 Å². The van der Waals surface area contributed by atoms with Crippen LogP contribution < -0.4 is 14.9 Å². The molecular formula is C50H56F2N5O9PS. The van der Waals surface area contributed by atoms with Gasteiger partial charge in [-0.25, -0.2) is 5.09 Å². The molecule has 4 saturated heterocycles. The number of halogens is 2. The first-order valence-electron chi connectivity index (χ1n) is 23.6. The van der Waals surface area contributed by atoms with Crippen LogP contribution in [0.3, 0.4) is 0 Å². The molecule has 4 aliphatic heterocycles. The van der Waals surface area contributed by atoms with E-state index in [0.717, 1.165) is 36.7 Å². The average Bonchev–Trinajstić information content (AvgIpc) is 3.85. The van der Waals surface area contributed by atoms with E-state index >= 15 is 8.78 Å². The number of fused-ring (bicyclic) bond motifs is 2. The molecule has 18 heteroatoms. The summed E-state index contributed by atoms with van der Waals surface area (Å²) < 4.78 is 66.3. The minimum Gasteiger partial charge on any atom is -0.460 e. The quantitative estimate of drug-likeness (QED) is 0.0912. The highest BCUT2D eigenvalue weighted by Crippen LogP contribution is 2.90. The van der Waals surface area contributed by atoms with E-state index in [1.165, 1.54) is 30.3 Å². The van der Waals surface area contributed by atoms with Crippen LogP contribution in [-0.2, 0) is 45.5 Å². The van der Waals surface area contributed by atoms with Crippen molar-refractivity contribution >= 4 is 58.5 Å². The molecule has 14 nitrogen and oxygen atoms in total. The van der Waals surface area contributed by atoms with E-state index in [4.69, 9.17) is 14.0 Å². The third-order valence-electron chi connectivity index (χ3n) is 14.9. The lowest BCUT2D eigenvalue weighted by atomic mass is 9.96. The zero-order valence-corrected chi connectivity index (χ0v) is 39.8. The first-order valence-corrected chi connectivity index (χ1v) is 26.1. The molecule has 68 heavy (non-hydrogen) atoms. The van der Waals surface area contributed by atoms with Gasteiger partial charge >= 0.3 is 19.2 Å². The number of hydrogen-bond acceptors (Lipinski definition) is 10. The third kappa shape index (κ3) is 8.73. The minimum absolute atomic E-state index is 0.0173. The number of rotatable bonds is 15. The molecule has 1 aromatic heterocycles. The van der Waals surface area contributed by atoms with Gasteiger partial charge in [0.15, 0.2) is 0 Å². The van der Waals surface area contributed by atoms with Gasteiger partial charge in [0.1, 0.15) is 30.5 Å². The maximum absolute atomic E-state index is 17.1. The number of likely N-dealkylation sites (tertiary alicyclic amines) is 1. The summed E-state index contributed by atoms with van der Waals surface area (Å²) in [6.07, 6.45) is 4.44. The van der Waals surface area contributed by atoms with Crippen molar-refractivity contribution in [2.75, 3.05) is 39.4 Å². The van der Waals surface area contributed by atoms with Crippen molar-refractivity contribution in [2.45, 2.75) is 95.2 Å². The maximum Gasteiger partial charge on any atom is 0.390 e. The molecule has 360 valence electrons. The standard InChI is InChI=1S/C50H56F2N5O9PS/c1-31(2)21-38(47(62)65-28-32-9-5-3-6-10-32)54-67(63,66-37-11-7-4-8-12-37)50(51,52)35-13-16-41-33(22-35)23-42(68-41)43(58)53-39-25-49-29-48(49,30-49)24-36-14-15-40(57(36)45(39)60)46(61)56-26-34(27-56)44(59)55-17-19-64-20-18-55/h3-13,16,22-23,31,34,36,38-40H,14-15,17-21,24-30H2,1-2H3,(H,53,58)(H,54,63)/t36-,38+,39?,40+,48?,49?,67?/m1/s1. The molecule has 2 unspecified atom stereocenters. The van der Waals surface area contributed by atoms with Crippen molar-refractivity contribution in [3.05, 3.63) is 101 Å². The number of esters is 1. The normalized spacial score (nSPS) is 26.9. The number of alkyl halides is 2. The highest BCUT2D eigenvalue weighted by molar-refractivity contribution is 7.58. The van der Waals surface area contributed by atoms with Gasteiger partial charge in [-0.15, -0.1) is 11.3 Å². The van der Waals surface area contributed by atoms with Gasteiger partial charge in [-0.1, -0.05) is 68.4 Å². The number of morpholine rings is 1. The van der Waals surface area contributed by atoms with Gasteiger partial charge in [-0.3, -0.25) is 28.5 Å². The summed E-state index contributed by atoms with van der Waals surface area (Å²) in [5.41, 5.74) is -4.07. The molecule has 2 aliphatic carbocycles. The third-order valence-corrected chi connectivity index (χ3v) is 18.2. The Labute approximate surface area is 397 Å². The first kappa shape index (κ1) is 46.5. The largest absolute Gasteiger partial charge is 0.460 e. The zero-order valence-electron chi connectivity index (χ0n) is 38.1. The number of ether oxygens (including phenoxy) is 2. The molecule has 2 N–H and O–H groups in total. The molecule has 4 aromatic rings. The van der Waals surface area contributed by atoms with Crippen LogP contribution >= 0.6 is 18.9 Å². The van der Waals surface area contributed by atoms with E-state index in [-0.39, 0.29) is 75.5 Å².